The van der Waals surface area contributed by atoms with Crippen LogP contribution < -0.4 is 26.2 Å². The van der Waals surface area contributed by atoms with Gasteiger partial charge in [0.05, 0.1) is 66.4 Å². The standard InChI is InChI=1S/C112H94BN5/c1-109(2,3)79-49-56-101(91(67-79)77-58-74(71-32-16-13-17-33-71)60-81(62-77)111(7,8)9)117-104-69-84(115-96-43-27-22-38-86(96)87-39-23-28-44-97(87)115)51-53-94(104)113-95-54-52-85(116-98-45-29-24-40-88(98)89-41-25-30-46-99(89)116)70-105(95)118(102-57-50-80(110(4,5)6)68-92(102)78-59-75(72-34-18-14-19-35-72)61-82(63-78)112(10,11)12)107-66-76(65-106(117)108(107)113)73-48-55-103-93(64-73)90-42-26-31-47-100(90)114(103)83-36-20-15-21-37-83/h13-70H,1-12H3/i22D,23D,24D,25D,27D,28D,29D,30D,38D,39D,40D,41D,43D,44D,45D,46D. The Morgan fingerprint density at radius 1 is 0.229 bits per heavy atom. The molecule has 3 aromatic heterocycles. The third-order valence-corrected chi connectivity index (χ3v) is 24.3. The Balaban J connectivity index is 0.977. The highest BCUT2D eigenvalue weighted by molar-refractivity contribution is 7.00. The van der Waals surface area contributed by atoms with E-state index in [2.05, 4.69) is 286 Å². The van der Waals surface area contributed by atoms with Gasteiger partial charge in [0.1, 0.15) is 0 Å². The van der Waals surface area contributed by atoms with Crippen LogP contribution in [0.2, 0.25) is 0 Å². The van der Waals surface area contributed by atoms with E-state index in [0.29, 0.717) is 34.1 Å². The monoisotopic (exact) mass is 1540 g/mol. The lowest BCUT2D eigenvalue weighted by Crippen LogP contribution is -2.61. The summed E-state index contributed by atoms with van der Waals surface area (Å²) in [5.74, 6) is 0. The van der Waals surface area contributed by atoms with Crippen LogP contribution in [-0.2, 0) is 21.7 Å². The van der Waals surface area contributed by atoms with E-state index in [-0.39, 0.29) is 54.4 Å². The van der Waals surface area contributed by atoms with Crippen molar-refractivity contribution in [2.24, 2.45) is 0 Å². The Bertz CT molecular complexity index is 7760. The van der Waals surface area contributed by atoms with E-state index in [1.165, 1.54) is 0 Å². The van der Waals surface area contributed by atoms with Crippen molar-refractivity contribution in [2.75, 3.05) is 9.80 Å². The number of nitrogens with zero attached hydrogens (tertiary/aromatic N) is 5. The fourth-order valence-electron chi connectivity index (χ4n) is 18.2. The molecule has 0 N–H and O–H groups in total. The summed E-state index contributed by atoms with van der Waals surface area (Å²) >= 11 is 0. The van der Waals surface area contributed by atoms with Crippen LogP contribution in [0, 0.1) is 0 Å². The Hall–Kier alpha value is -13.4. The van der Waals surface area contributed by atoms with Crippen LogP contribution in [0.25, 0.3) is 138 Å². The molecular formula is C112H94BN5. The second-order valence-electron chi connectivity index (χ2n) is 35.8. The number of anilines is 6. The van der Waals surface area contributed by atoms with Crippen molar-refractivity contribution in [3.8, 4) is 72.7 Å². The Morgan fingerprint density at radius 3 is 1.03 bits per heavy atom. The fourth-order valence-corrected chi connectivity index (χ4v) is 18.2. The molecule has 2 aliphatic rings. The van der Waals surface area contributed by atoms with Gasteiger partial charge >= 0.3 is 0 Å². The first kappa shape index (κ1) is 56.8. The van der Waals surface area contributed by atoms with Gasteiger partial charge in [-0.25, -0.2) is 0 Å². The highest BCUT2D eigenvalue weighted by atomic mass is 15.2. The van der Waals surface area contributed by atoms with Crippen molar-refractivity contribution in [2.45, 2.75) is 105 Å². The summed E-state index contributed by atoms with van der Waals surface area (Å²) in [4.78, 5) is 4.67. The first-order valence-corrected chi connectivity index (χ1v) is 40.6. The molecule has 0 saturated heterocycles. The zero-order valence-electron chi connectivity index (χ0n) is 84.1. The average molecular weight is 1540 g/mol. The van der Waals surface area contributed by atoms with Crippen LogP contribution in [0.1, 0.15) is 127 Å². The van der Waals surface area contributed by atoms with E-state index in [0.717, 1.165) is 133 Å². The first-order valence-electron chi connectivity index (χ1n) is 48.6. The van der Waals surface area contributed by atoms with E-state index in [9.17, 15) is 21.9 Å². The van der Waals surface area contributed by atoms with Crippen LogP contribution in [0.5, 0.6) is 0 Å². The molecule has 0 amide bonds. The largest absolute Gasteiger partial charge is 0.311 e. The molecule has 0 atom stereocenters. The quantitative estimate of drug-likeness (QED) is 0.127. The number of aromatic nitrogens is 3. The third-order valence-electron chi connectivity index (χ3n) is 24.3. The Labute approximate surface area is 715 Å². The number of para-hydroxylation sites is 6. The summed E-state index contributed by atoms with van der Waals surface area (Å²) < 4.78 is 159. The van der Waals surface area contributed by atoms with Gasteiger partial charge in [0.25, 0.3) is 6.71 Å². The van der Waals surface area contributed by atoms with Crippen molar-refractivity contribution in [3.05, 3.63) is 374 Å². The van der Waals surface area contributed by atoms with Crippen LogP contribution in [0.15, 0.2) is 351 Å². The molecule has 0 fully saturated rings. The molecule has 118 heavy (non-hydrogen) atoms. The topological polar surface area (TPSA) is 21.3 Å². The molecule has 570 valence electrons. The predicted molar refractivity (Wildman–Crippen MR) is 505 cm³/mol. The zero-order chi connectivity index (χ0) is 94.3. The smallest absolute Gasteiger partial charge is 0.252 e. The molecule has 19 aromatic rings. The van der Waals surface area contributed by atoms with Crippen molar-refractivity contribution < 1.29 is 21.9 Å². The van der Waals surface area contributed by atoms with Gasteiger partial charge in [-0.3, -0.25) is 0 Å². The molecule has 0 bridgehead atoms. The second kappa shape index (κ2) is 27.1. The fraction of sp³-hybridized carbons (Fsp3) is 0.143. The predicted octanol–water partition coefficient (Wildman–Crippen LogP) is 28.6. The van der Waals surface area contributed by atoms with Gasteiger partial charge in [-0.1, -0.05) is 307 Å². The lowest BCUT2D eigenvalue weighted by atomic mass is 9.33. The highest BCUT2D eigenvalue weighted by Crippen LogP contribution is 2.54. The van der Waals surface area contributed by atoms with Gasteiger partial charge in [0.15, 0.2) is 0 Å². The molecule has 6 heteroatoms. The van der Waals surface area contributed by atoms with E-state index in [1.54, 1.807) is 9.13 Å². The van der Waals surface area contributed by atoms with Gasteiger partial charge < -0.3 is 23.5 Å². The van der Waals surface area contributed by atoms with Crippen molar-refractivity contribution >= 4 is 123 Å². The summed E-state index contributed by atoms with van der Waals surface area (Å²) in [5, 5.41) is 1.69. The SMILES string of the molecule is [2H]c1c([2H])c([2H])c2c(c1[2H])c1c([2H])c([2H])c([2H])c([2H])c1n2-c1ccc2c(c1)N(c1ccc(C(C)(C)C)cc1-c1cc(-c3ccccc3)cc(C(C)(C)C)c1)c1cc(-c3ccc4c(c3)c3ccccc3n4-c3ccccc3)cc3c1B2c1ccc(-n2c4c([2H])c([2H])c([2H])c([2H])c4c4c([2H])c([2H])c([2H])c([2H])c42)cc1N3c1ccc(C(C)(C)C)cc1-c1cc(-c2ccccc2)cc(C(C)(C)C)c1. The lowest BCUT2D eigenvalue weighted by molar-refractivity contribution is 0.589. The van der Waals surface area contributed by atoms with Crippen molar-refractivity contribution in [1.82, 2.24) is 13.7 Å². The summed E-state index contributed by atoms with van der Waals surface area (Å²) in [5.41, 5.74) is 21.5. The molecule has 0 unspecified atom stereocenters. The molecule has 5 heterocycles. The van der Waals surface area contributed by atoms with Gasteiger partial charge in [-0.05, 0) is 232 Å². The number of benzene rings is 16. The average Bonchev–Trinajstić information content (AvgIpc) is 1.58. The van der Waals surface area contributed by atoms with Gasteiger partial charge in [-0.15, -0.1) is 0 Å². The number of hydrogen-bond donors (Lipinski definition) is 0. The third kappa shape index (κ3) is 11.9. The zero-order valence-corrected chi connectivity index (χ0v) is 68.1. The lowest BCUT2D eigenvalue weighted by Gasteiger charge is -2.45. The minimum atomic E-state index is -0.807. The normalized spacial score (nSPS) is 14.9. The molecule has 5 nitrogen and oxygen atoms in total. The van der Waals surface area contributed by atoms with E-state index in [4.69, 9.17) is 0 Å². The van der Waals surface area contributed by atoms with Crippen molar-refractivity contribution in [3.63, 3.8) is 0 Å². The van der Waals surface area contributed by atoms with Crippen LogP contribution >= 0.6 is 0 Å². The molecule has 0 aliphatic carbocycles. The van der Waals surface area contributed by atoms with Crippen LogP contribution in [0.3, 0.4) is 0 Å². The maximum Gasteiger partial charge on any atom is 0.252 e. The summed E-state index contributed by atoms with van der Waals surface area (Å²) in [7, 11) is 0. The second-order valence-corrected chi connectivity index (χ2v) is 35.8. The van der Waals surface area contributed by atoms with Gasteiger partial charge in [-0.2, -0.15) is 0 Å². The first-order chi connectivity index (χ1) is 63.7. The number of hydrogen-bond acceptors (Lipinski definition) is 2. The Kier molecular flexibility index (Phi) is 13.0. The number of rotatable bonds is 10. The number of fused-ring (bicyclic) bond motifs is 13. The Morgan fingerprint density at radius 2 is 0.602 bits per heavy atom. The maximum absolute atomic E-state index is 10.0. The van der Waals surface area contributed by atoms with E-state index >= 15 is 0 Å². The molecule has 0 spiro atoms. The molecule has 0 radical (unpaired) electrons. The minimum Gasteiger partial charge on any atom is -0.311 e. The van der Waals surface area contributed by atoms with E-state index < -0.39 is 114 Å². The van der Waals surface area contributed by atoms with Crippen molar-refractivity contribution in [1.29, 1.82) is 0 Å². The molecule has 0 saturated carbocycles. The summed E-state index contributed by atoms with van der Waals surface area (Å²) in [6, 6.07) is 81.5. The summed E-state index contributed by atoms with van der Waals surface area (Å²) in [6.45, 7) is 25.8. The van der Waals surface area contributed by atoms with Crippen LogP contribution in [-0.4, -0.2) is 20.4 Å². The van der Waals surface area contributed by atoms with E-state index in [1.807, 2.05) is 66.7 Å². The highest BCUT2D eigenvalue weighted by Gasteiger charge is 2.46. The molecular weight excluding hydrogens is 1430 g/mol. The minimum absolute atomic E-state index is 0.0554. The van der Waals surface area contributed by atoms with Gasteiger partial charge in [0, 0.05) is 83.3 Å². The molecule has 2 aliphatic heterocycles. The van der Waals surface area contributed by atoms with Crippen LogP contribution in [0.4, 0.5) is 34.1 Å². The molecule has 21 rings (SSSR count). The summed E-state index contributed by atoms with van der Waals surface area (Å²) in [6.07, 6.45) is 0. The maximum atomic E-state index is 10.0. The molecule has 16 aromatic carbocycles. The van der Waals surface area contributed by atoms with Gasteiger partial charge in [0.2, 0.25) is 0 Å².